The van der Waals surface area contributed by atoms with Crippen molar-refractivity contribution in [1.29, 1.82) is 0 Å². The van der Waals surface area contributed by atoms with Crippen LogP contribution in [0.25, 0.3) is 16.9 Å². The zero-order chi connectivity index (χ0) is 16.8. The SMILES string of the molecule is Cc1nc2n(c1-c1ccc(F)cc1)-c1ccc(S(C)=O)cc1OC2. The number of hydrogen-bond acceptors (Lipinski definition) is 3. The molecule has 2 aromatic carbocycles. The largest absolute Gasteiger partial charge is 0.483 e. The predicted octanol–water partition coefficient (Wildman–Crippen LogP) is 3.62. The third-order valence-electron chi connectivity index (χ3n) is 4.10. The Morgan fingerprint density at radius 3 is 2.67 bits per heavy atom. The van der Waals surface area contributed by atoms with E-state index in [9.17, 15) is 8.60 Å². The number of imidazole rings is 1. The Morgan fingerprint density at radius 1 is 1.21 bits per heavy atom. The van der Waals surface area contributed by atoms with E-state index >= 15 is 0 Å². The van der Waals surface area contributed by atoms with Crippen molar-refractivity contribution in [2.24, 2.45) is 0 Å². The van der Waals surface area contributed by atoms with Crippen LogP contribution in [0.2, 0.25) is 0 Å². The molecule has 0 N–H and O–H groups in total. The zero-order valence-electron chi connectivity index (χ0n) is 13.2. The topological polar surface area (TPSA) is 44.1 Å². The number of ether oxygens (including phenoxy) is 1. The van der Waals surface area contributed by atoms with Crippen LogP contribution in [0.15, 0.2) is 47.4 Å². The van der Waals surface area contributed by atoms with Gasteiger partial charge in [-0.2, -0.15) is 0 Å². The fourth-order valence-electron chi connectivity index (χ4n) is 3.01. The standard InChI is InChI=1S/C18H15FN2O2S/c1-11-18(12-3-5-13(19)6-4-12)21-15-8-7-14(24(2)22)9-16(15)23-10-17(21)20-11/h3-9H,10H2,1-2H3. The van der Waals surface area contributed by atoms with Gasteiger partial charge in [-0.25, -0.2) is 9.37 Å². The summed E-state index contributed by atoms with van der Waals surface area (Å²) in [7, 11) is -1.07. The number of benzene rings is 2. The smallest absolute Gasteiger partial charge is 0.152 e. The van der Waals surface area contributed by atoms with Gasteiger partial charge in [-0.1, -0.05) is 0 Å². The Morgan fingerprint density at radius 2 is 1.96 bits per heavy atom. The minimum Gasteiger partial charge on any atom is -0.483 e. The molecule has 6 heteroatoms. The van der Waals surface area contributed by atoms with Crippen molar-refractivity contribution in [3.63, 3.8) is 0 Å². The zero-order valence-corrected chi connectivity index (χ0v) is 14.1. The maximum Gasteiger partial charge on any atom is 0.152 e. The maximum atomic E-state index is 13.3. The molecule has 0 bridgehead atoms. The fourth-order valence-corrected chi connectivity index (χ4v) is 3.54. The Bertz CT molecular complexity index is 964. The number of rotatable bonds is 2. The lowest BCUT2D eigenvalue weighted by atomic mass is 10.1. The van der Waals surface area contributed by atoms with E-state index in [1.807, 2.05) is 23.6 Å². The highest BCUT2D eigenvalue weighted by Crippen LogP contribution is 2.37. The second-order valence-corrected chi connectivity index (χ2v) is 7.06. The second kappa shape index (κ2) is 5.56. The number of aryl methyl sites for hydroxylation is 1. The molecule has 0 fully saturated rings. The van der Waals surface area contributed by atoms with Crippen LogP contribution in [0.1, 0.15) is 11.5 Å². The van der Waals surface area contributed by atoms with E-state index in [1.54, 1.807) is 24.5 Å². The molecule has 0 amide bonds. The van der Waals surface area contributed by atoms with Crippen molar-refractivity contribution in [2.45, 2.75) is 18.4 Å². The van der Waals surface area contributed by atoms with Crippen molar-refractivity contribution >= 4 is 10.8 Å². The highest BCUT2D eigenvalue weighted by molar-refractivity contribution is 7.84. The van der Waals surface area contributed by atoms with Crippen LogP contribution < -0.4 is 4.74 Å². The van der Waals surface area contributed by atoms with E-state index < -0.39 is 10.8 Å². The van der Waals surface area contributed by atoms with E-state index in [4.69, 9.17) is 4.74 Å². The number of halogens is 1. The van der Waals surface area contributed by atoms with E-state index in [0.29, 0.717) is 12.4 Å². The van der Waals surface area contributed by atoms with Crippen LogP contribution in [0.3, 0.4) is 0 Å². The van der Waals surface area contributed by atoms with E-state index in [0.717, 1.165) is 33.4 Å². The molecule has 1 unspecified atom stereocenters. The van der Waals surface area contributed by atoms with Gasteiger partial charge in [0, 0.05) is 27.5 Å². The van der Waals surface area contributed by atoms with E-state index in [-0.39, 0.29) is 5.82 Å². The molecule has 3 aromatic rings. The van der Waals surface area contributed by atoms with Crippen LogP contribution in [0.4, 0.5) is 4.39 Å². The van der Waals surface area contributed by atoms with Gasteiger partial charge >= 0.3 is 0 Å². The highest BCUT2D eigenvalue weighted by atomic mass is 32.2. The van der Waals surface area contributed by atoms with Gasteiger partial charge in [0.25, 0.3) is 0 Å². The molecule has 24 heavy (non-hydrogen) atoms. The van der Waals surface area contributed by atoms with E-state index in [2.05, 4.69) is 4.98 Å². The minimum atomic E-state index is -1.07. The summed E-state index contributed by atoms with van der Waals surface area (Å²) in [6.07, 6.45) is 1.64. The summed E-state index contributed by atoms with van der Waals surface area (Å²) in [5, 5.41) is 0. The second-order valence-electron chi connectivity index (χ2n) is 5.68. The predicted molar refractivity (Wildman–Crippen MR) is 90.4 cm³/mol. The van der Waals surface area contributed by atoms with Crippen LogP contribution in [-0.4, -0.2) is 20.0 Å². The third-order valence-corrected chi connectivity index (χ3v) is 5.02. The number of fused-ring (bicyclic) bond motifs is 3. The Kier molecular flexibility index (Phi) is 3.49. The van der Waals surface area contributed by atoms with Crippen LogP contribution in [-0.2, 0) is 17.4 Å². The molecule has 1 aliphatic heterocycles. The maximum absolute atomic E-state index is 13.3. The van der Waals surface area contributed by atoms with Crippen LogP contribution in [0.5, 0.6) is 5.75 Å². The van der Waals surface area contributed by atoms with Gasteiger partial charge in [0.05, 0.1) is 17.1 Å². The molecule has 1 aromatic heterocycles. The molecule has 122 valence electrons. The molecular weight excluding hydrogens is 327 g/mol. The van der Waals surface area contributed by atoms with Gasteiger partial charge in [0.1, 0.15) is 18.2 Å². The lowest BCUT2D eigenvalue weighted by molar-refractivity contribution is 0.279. The molecule has 0 saturated heterocycles. The summed E-state index contributed by atoms with van der Waals surface area (Å²) in [5.41, 5.74) is 3.52. The molecule has 0 spiro atoms. The molecule has 0 aliphatic carbocycles. The summed E-state index contributed by atoms with van der Waals surface area (Å²) in [4.78, 5) is 5.31. The summed E-state index contributed by atoms with van der Waals surface area (Å²) >= 11 is 0. The van der Waals surface area contributed by atoms with Crippen molar-refractivity contribution in [2.75, 3.05) is 6.26 Å². The van der Waals surface area contributed by atoms with Gasteiger partial charge in [0.15, 0.2) is 5.82 Å². The summed E-state index contributed by atoms with van der Waals surface area (Å²) in [6.45, 7) is 2.27. The first-order valence-electron chi connectivity index (χ1n) is 7.49. The van der Waals surface area contributed by atoms with Crippen molar-refractivity contribution in [3.8, 4) is 22.7 Å². The number of hydrogen-bond donors (Lipinski definition) is 0. The molecule has 4 nitrogen and oxygen atoms in total. The molecule has 0 radical (unpaired) electrons. The normalized spacial score (nSPS) is 13.8. The highest BCUT2D eigenvalue weighted by Gasteiger charge is 2.24. The summed E-state index contributed by atoms with van der Waals surface area (Å²) in [5.74, 6) is 1.20. The van der Waals surface area contributed by atoms with Gasteiger partial charge < -0.3 is 4.74 Å². The molecule has 0 saturated carbocycles. The molecule has 1 atom stereocenters. The quantitative estimate of drug-likeness (QED) is 0.714. The van der Waals surface area contributed by atoms with Crippen LogP contribution >= 0.6 is 0 Å². The van der Waals surface area contributed by atoms with Crippen molar-refractivity contribution < 1.29 is 13.3 Å². The van der Waals surface area contributed by atoms with Crippen molar-refractivity contribution in [1.82, 2.24) is 9.55 Å². The first-order valence-corrected chi connectivity index (χ1v) is 9.05. The lowest BCUT2D eigenvalue weighted by Crippen LogP contribution is -2.14. The summed E-state index contributed by atoms with van der Waals surface area (Å²) < 4.78 is 32.8. The summed E-state index contributed by atoms with van der Waals surface area (Å²) in [6, 6.07) is 11.9. The van der Waals surface area contributed by atoms with Gasteiger partial charge in [-0.15, -0.1) is 0 Å². The van der Waals surface area contributed by atoms with Gasteiger partial charge in [-0.3, -0.25) is 8.78 Å². The monoisotopic (exact) mass is 342 g/mol. The first-order chi connectivity index (χ1) is 11.5. The Hall–Kier alpha value is -2.47. The molecular formula is C18H15FN2O2S. The molecule has 2 heterocycles. The van der Waals surface area contributed by atoms with Gasteiger partial charge in [0.2, 0.25) is 0 Å². The molecule has 4 rings (SSSR count). The fraction of sp³-hybridized carbons (Fsp3) is 0.167. The minimum absolute atomic E-state index is 0.270. The van der Waals surface area contributed by atoms with Crippen LogP contribution in [0, 0.1) is 12.7 Å². The number of aromatic nitrogens is 2. The average molecular weight is 342 g/mol. The Balaban J connectivity index is 1.93. The van der Waals surface area contributed by atoms with E-state index in [1.165, 1.54) is 12.1 Å². The third kappa shape index (κ3) is 2.34. The lowest BCUT2D eigenvalue weighted by Gasteiger charge is -2.22. The molecule has 1 aliphatic rings. The Labute approximate surface area is 141 Å². The number of nitrogens with zero attached hydrogens (tertiary/aromatic N) is 2. The first kappa shape index (κ1) is 15.1. The van der Waals surface area contributed by atoms with Gasteiger partial charge in [-0.05, 0) is 49.4 Å². The average Bonchev–Trinajstić information content (AvgIpc) is 2.91. The van der Waals surface area contributed by atoms with Crippen molar-refractivity contribution in [3.05, 3.63) is 59.8 Å².